The van der Waals surface area contributed by atoms with Gasteiger partial charge in [0.15, 0.2) is 11.0 Å². The van der Waals surface area contributed by atoms with E-state index in [1.807, 2.05) is 5.38 Å². The summed E-state index contributed by atoms with van der Waals surface area (Å²) in [5.41, 5.74) is 3.42. The van der Waals surface area contributed by atoms with Crippen molar-refractivity contribution >= 4 is 33.7 Å². The normalized spacial score (nSPS) is 11.1. The van der Waals surface area contributed by atoms with Crippen LogP contribution >= 0.6 is 22.7 Å². The highest BCUT2D eigenvalue weighted by Gasteiger charge is 2.19. The van der Waals surface area contributed by atoms with Crippen LogP contribution < -0.4 is 10.1 Å². The number of alkyl halides is 2. The van der Waals surface area contributed by atoms with Gasteiger partial charge in [0.25, 0.3) is 5.91 Å². The number of anilines is 1. The van der Waals surface area contributed by atoms with Gasteiger partial charge in [0.2, 0.25) is 0 Å². The third-order valence-corrected chi connectivity index (χ3v) is 5.77. The molecule has 0 fully saturated rings. The molecule has 0 saturated heterocycles. The van der Waals surface area contributed by atoms with Crippen LogP contribution in [0.4, 0.5) is 13.9 Å². The summed E-state index contributed by atoms with van der Waals surface area (Å²) in [7, 11) is 0. The van der Waals surface area contributed by atoms with E-state index in [0.29, 0.717) is 33.6 Å². The van der Waals surface area contributed by atoms with Gasteiger partial charge in [0.05, 0.1) is 21.8 Å². The first-order valence-electron chi connectivity index (χ1n) is 8.71. The number of hydrogen-bond acceptors (Lipinski definition) is 7. The molecule has 0 radical (unpaired) electrons. The van der Waals surface area contributed by atoms with Crippen LogP contribution in [-0.2, 0) is 6.61 Å². The second-order valence-corrected chi connectivity index (χ2v) is 7.84. The van der Waals surface area contributed by atoms with Gasteiger partial charge in [-0.2, -0.15) is 8.78 Å². The average molecular weight is 447 g/mol. The van der Waals surface area contributed by atoms with Crippen LogP contribution in [0.1, 0.15) is 28.3 Å². The number of hydrogen-bond donors (Lipinski definition) is 1. The summed E-state index contributed by atoms with van der Waals surface area (Å²) in [6.45, 7) is -0.728. The van der Waals surface area contributed by atoms with E-state index in [2.05, 4.69) is 20.3 Å². The summed E-state index contributed by atoms with van der Waals surface area (Å²) >= 11 is 2.57. The highest BCUT2D eigenvalue weighted by molar-refractivity contribution is 7.19. The van der Waals surface area contributed by atoms with Crippen LogP contribution in [0.5, 0.6) is 5.75 Å². The van der Waals surface area contributed by atoms with Crippen LogP contribution in [0.25, 0.3) is 10.7 Å². The van der Waals surface area contributed by atoms with E-state index in [1.165, 1.54) is 23.7 Å². The van der Waals surface area contributed by atoms with Crippen molar-refractivity contribution in [2.75, 3.05) is 5.32 Å². The van der Waals surface area contributed by atoms with Crippen molar-refractivity contribution in [3.05, 3.63) is 64.5 Å². The maximum atomic E-state index is 13.1. The number of benzene rings is 1. The predicted octanol–water partition coefficient (Wildman–Crippen LogP) is 5.00. The van der Waals surface area contributed by atoms with E-state index in [-0.39, 0.29) is 11.7 Å². The monoisotopic (exact) mass is 447 g/mol. The first-order valence-corrected chi connectivity index (χ1v) is 10.5. The van der Waals surface area contributed by atoms with Gasteiger partial charge in [0, 0.05) is 23.3 Å². The maximum absolute atomic E-state index is 13.1. The molecule has 1 amide bonds. The highest BCUT2D eigenvalue weighted by atomic mass is 32.1. The van der Waals surface area contributed by atoms with E-state index in [0.717, 1.165) is 21.6 Å². The maximum Gasteiger partial charge on any atom is 0.320 e. The van der Waals surface area contributed by atoms with Gasteiger partial charge >= 0.3 is 6.55 Å². The Morgan fingerprint density at radius 2 is 2.20 bits per heavy atom. The number of aryl methyl sites for hydroxylation is 1. The van der Waals surface area contributed by atoms with Gasteiger partial charge in [-0.25, -0.2) is 15.0 Å². The number of amides is 1. The molecule has 7 nitrogen and oxygen atoms in total. The van der Waals surface area contributed by atoms with Crippen molar-refractivity contribution in [3.8, 4) is 16.5 Å². The summed E-state index contributed by atoms with van der Waals surface area (Å²) in [4.78, 5) is 25.5. The quantitative estimate of drug-likeness (QED) is 0.431. The molecule has 0 atom stereocenters. The molecule has 4 rings (SSSR count). The van der Waals surface area contributed by atoms with Gasteiger partial charge in [-0.1, -0.05) is 17.4 Å². The molecule has 30 heavy (non-hydrogen) atoms. The zero-order chi connectivity index (χ0) is 21.1. The van der Waals surface area contributed by atoms with E-state index < -0.39 is 6.55 Å². The van der Waals surface area contributed by atoms with Crippen LogP contribution in [0.3, 0.4) is 0 Å². The lowest BCUT2D eigenvalue weighted by atomic mass is 10.2. The molecule has 1 N–H and O–H groups in total. The predicted molar refractivity (Wildman–Crippen MR) is 110 cm³/mol. The molecule has 0 aliphatic rings. The molecule has 0 bridgehead atoms. The first-order chi connectivity index (χ1) is 14.5. The molecule has 4 aromatic rings. The Balaban J connectivity index is 1.48. The van der Waals surface area contributed by atoms with Gasteiger partial charge in [0.1, 0.15) is 12.4 Å². The minimum Gasteiger partial charge on any atom is -0.487 e. The second kappa shape index (κ2) is 8.67. The number of rotatable bonds is 7. The zero-order valence-electron chi connectivity index (χ0n) is 15.6. The number of ether oxygens (including phenoxy) is 1. The Kier molecular flexibility index (Phi) is 5.81. The number of nitrogens with one attached hydrogen (secondary N) is 1. The lowest BCUT2D eigenvalue weighted by Crippen LogP contribution is -2.11. The Labute approximate surface area is 178 Å². The van der Waals surface area contributed by atoms with E-state index in [4.69, 9.17) is 4.74 Å². The van der Waals surface area contributed by atoms with Crippen molar-refractivity contribution < 1.29 is 18.3 Å². The molecular weight excluding hydrogens is 432 g/mol. The minimum absolute atomic E-state index is 0.109. The van der Waals surface area contributed by atoms with Gasteiger partial charge in [-0.15, -0.1) is 11.3 Å². The molecule has 3 aromatic heterocycles. The molecule has 1 aromatic carbocycles. The number of imidazole rings is 1. The molecule has 0 unspecified atom stereocenters. The van der Waals surface area contributed by atoms with E-state index in [1.54, 1.807) is 36.7 Å². The fraction of sp³-hybridized carbons (Fsp3) is 0.158. The van der Waals surface area contributed by atoms with E-state index >= 15 is 0 Å². The van der Waals surface area contributed by atoms with Gasteiger partial charge < -0.3 is 4.74 Å². The first kappa shape index (κ1) is 20.1. The third-order valence-electron chi connectivity index (χ3n) is 4.07. The van der Waals surface area contributed by atoms with Crippen LogP contribution in [0, 0.1) is 6.92 Å². The van der Waals surface area contributed by atoms with Crippen molar-refractivity contribution in [1.29, 1.82) is 0 Å². The number of halogens is 2. The molecule has 11 heteroatoms. The molecular formula is C19H15F2N5O2S2. The fourth-order valence-electron chi connectivity index (χ4n) is 2.67. The van der Waals surface area contributed by atoms with Crippen molar-refractivity contribution in [2.24, 2.45) is 0 Å². The largest absolute Gasteiger partial charge is 0.487 e. The van der Waals surface area contributed by atoms with Crippen LogP contribution in [0.2, 0.25) is 0 Å². The lowest BCUT2D eigenvalue weighted by Gasteiger charge is -2.07. The van der Waals surface area contributed by atoms with Crippen molar-refractivity contribution in [1.82, 2.24) is 19.5 Å². The number of nitrogens with zero attached hydrogens (tertiary/aromatic N) is 4. The summed E-state index contributed by atoms with van der Waals surface area (Å²) in [6, 6.07) is 6.73. The molecule has 0 saturated carbocycles. The summed E-state index contributed by atoms with van der Waals surface area (Å²) in [5.74, 6) is 0.259. The number of thiazole rings is 2. The number of aromatic nitrogens is 4. The highest BCUT2D eigenvalue weighted by Crippen LogP contribution is 2.33. The minimum atomic E-state index is -2.71. The summed E-state index contributed by atoms with van der Waals surface area (Å²) in [5, 5.41) is 4.89. The Morgan fingerprint density at radius 3 is 2.97 bits per heavy atom. The summed E-state index contributed by atoms with van der Waals surface area (Å²) < 4.78 is 32.7. The Morgan fingerprint density at radius 1 is 1.33 bits per heavy atom. The van der Waals surface area contributed by atoms with Crippen molar-refractivity contribution in [3.63, 3.8) is 0 Å². The lowest BCUT2D eigenvalue weighted by molar-refractivity contribution is 0.0720. The topological polar surface area (TPSA) is 81.9 Å². The van der Waals surface area contributed by atoms with Crippen LogP contribution in [-0.4, -0.2) is 25.4 Å². The van der Waals surface area contributed by atoms with E-state index in [9.17, 15) is 13.6 Å². The smallest absolute Gasteiger partial charge is 0.320 e. The standard InChI is InChI=1S/C19H15F2N5O2S2/c1-11-15(16-22-5-6-26(16)18(20)21)30-19(24-11)25-17(27)12-3-2-4-14(7-12)28-8-13-9-29-10-23-13/h2-7,9-10,18H,8H2,1H3,(H,24,25,27). The molecule has 0 spiro atoms. The number of carbonyl (C=O) groups excluding carboxylic acids is 1. The molecule has 0 aliphatic carbocycles. The third kappa shape index (κ3) is 4.36. The van der Waals surface area contributed by atoms with Crippen molar-refractivity contribution in [2.45, 2.75) is 20.1 Å². The fourth-order valence-corrected chi connectivity index (χ4v) is 4.17. The molecule has 154 valence electrons. The molecule has 0 aliphatic heterocycles. The van der Waals surface area contributed by atoms with Gasteiger partial charge in [-0.3, -0.25) is 14.7 Å². The Bertz CT molecular complexity index is 1160. The Hall–Kier alpha value is -3.18. The SMILES string of the molecule is Cc1nc(NC(=O)c2cccc(OCc3cscn3)c2)sc1-c1nccn1C(F)F. The number of carbonyl (C=O) groups is 1. The zero-order valence-corrected chi connectivity index (χ0v) is 17.2. The molecule has 3 heterocycles. The second-order valence-electron chi connectivity index (χ2n) is 6.12. The summed E-state index contributed by atoms with van der Waals surface area (Å²) in [6.07, 6.45) is 2.50. The van der Waals surface area contributed by atoms with Gasteiger partial charge in [-0.05, 0) is 25.1 Å². The average Bonchev–Trinajstić information content (AvgIpc) is 3.47. The van der Waals surface area contributed by atoms with Crippen LogP contribution in [0.15, 0.2) is 47.5 Å².